The van der Waals surface area contributed by atoms with E-state index >= 15 is 0 Å². The van der Waals surface area contributed by atoms with Gasteiger partial charge in [0.25, 0.3) is 5.91 Å². The molecule has 1 aromatic heterocycles. The summed E-state index contributed by atoms with van der Waals surface area (Å²) in [5, 5.41) is 26.1. The van der Waals surface area contributed by atoms with Crippen molar-refractivity contribution in [2.24, 2.45) is 0 Å². The zero-order chi connectivity index (χ0) is 14.3. The van der Waals surface area contributed by atoms with E-state index in [4.69, 9.17) is 5.11 Å². The van der Waals surface area contributed by atoms with Crippen molar-refractivity contribution in [2.75, 3.05) is 6.54 Å². The largest absolute Gasteiger partial charge is 0.480 e. The van der Waals surface area contributed by atoms with Crippen LogP contribution in [0.5, 0.6) is 0 Å². The summed E-state index contributed by atoms with van der Waals surface area (Å²) >= 11 is 0. The predicted molar refractivity (Wildman–Crippen MR) is 69.2 cm³/mol. The summed E-state index contributed by atoms with van der Waals surface area (Å²) in [5.74, 6) is -1.49. The second kappa shape index (κ2) is 4.61. The van der Waals surface area contributed by atoms with Crippen LogP contribution in [0.2, 0.25) is 0 Å². The number of benzene rings is 1. The third-order valence-corrected chi connectivity index (χ3v) is 3.51. The number of likely N-dealkylation sites (tertiary alicyclic amines) is 1. The van der Waals surface area contributed by atoms with Crippen molar-refractivity contribution < 1.29 is 19.8 Å². The van der Waals surface area contributed by atoms with Crippen molar-refractivity contribution in [3.63, 3.8) is 0 Å². The Balaban J connectivity index is 1.92. The molecule has 2 atom stereocenters. The van der Waals surface area contributed by atoms with Crippen LogP contribution >= 0.6 is 0 Å². The number of aliphatic hydroxyl groups is 1. The van der Waals surface area contributed by atoms with Gasteiger partial charge in [-0.25, -0.2) is 4.79 Å². The molecule has 3 N–H and O–H groups in total. The predicted octanol–water partition coefficient (Wildman–Crippen LogP) is 0.223. The normalized spacial score (nSPS) is 22.4. The number of β-amino-alcohol motifs (C(OH)–C–C–N with tert-alkyl or cyclic N) is 1. The maximum absolute atomic E-state index is 12.4. The summed E-state index contributed by atoms with van der Waals surface area (Å²) in [6, 6.07) is 4.02. The Morgan fingerprint density at radius 3 is 2.95 bits per heavy atom. The van der Waals surface area contributed by atoms with Crippen LogP contribution < -0.4 is 0 Å². The average Bonchev–Trinajstić information content (AvgIpc) is 3.02. The van der Waals surface area contributed by atoms with Gasteiger partial charge in [-0.05, 0) is 18.2 Å². The minimum absolute atomic E-state index is 0.0409. The lowest BCUT2D eigenvalue weighted by Gasteiger charge is -2.21. The number of aliphatic hydroxyl groups excluding tert-OH is 1. The molecule has 1 saturated heterocycles. The summed E-state index contributed by atoms with van der Waals surface area (Å²) in [6.45, 7) is 0.0409. The minimum Gasteiger partial charge on any atom is -0.480 e. The Kier molecular flexibility index (Phi) is 2.90. The number of amides is 1. The molecule has 20 heavy (non-hydrogen) atoms. The number of aromatic amines is 1. The number of hydrogen-bond acceptors (Lipinski definition) is 4. The molecular weight excluding hydrogens is 262 g/mol. The molecule has 0 spiro atoms. The highest BCUT2D eigenvalue weighted by Crippen LogP contribution is 2.22. The summed E-state index contributed by atoms with van der Waals surface area (Å²) in [7, 11) is 0. The van der Waals surface area contributed by atoms with Gasteiger partial charge in [0.15, 0.2) is 0 Å². The van der Waals surface area contributed by atoms with Gasteiger partial charge in [0, 0.05) is 23.9 Å². The van der Waals surface area contributed by atoms with Gasteiger partial charge < -0.3 is 15.1 Å². The Bertz CT molecular complexity index is 681. The highest BCUT2D eigenvalue weighted by atomic mass is 16.4. The van der Waals surface area contributed by atoms with Gasteiger partial charge >= 0.3 is 5.97 Å². The number of hydrogen-bond donors (Lipinski definition) is 3. The smallest absolute Gasteiger partial charge is 0.326 e. The Labute approximate surface area is 113 Å². The number of carboxylic acid groups (broad SMARTS) is 1. The standard InChI is InChI=1S/C13H13N3O4/c17-9-4-11(13(19)20)16(6-9)12(18)7-1-2-10-8(3-7)5-14-15-10/h1-3,5,9,11,17H,4,6H2,(H,14,15)(H,19,20)/t9?,11-/m0/s1. The van der Waals surface area contributed by atoms with E-state index in [0.29, 0.717) is 5.56 Å². The van der Waals surface area contributed by atoms with E-state index in [1.165, 1.54) is 4.90 Å². The maximum atomic E-state index is 12.4. The van der Waals surface area contributed by atoms with E-state index in [0.717, 1.165) is 10.9 Å². The Hall–Kier alpha value is -2.41. The SMILES string of the molecule is O=C(O)[C@@H]1CC(O)CN1C(=O)c1ccc2[nH]ncc2c1. The summed E-state index contributed by atoms with van der Waals surface area (Å²) in [6.07, 6.45) is 0.868. The number of fused-ring (bicyclic) bond motifs is 1. The molecule has 1 aliphatic rings. The van der Waals surface area contributed by atoms with E-state index in [9.17, 15) is 14.7 Å². The van der Waals surface area contributed by atoms with Crippen molar-refractivity contribution in [3.8, 4) is 0 Å². The van der Waals surface area contributed by atoms with Gasteiger partial charge in [0.2, 0.25) is 0 Å². The second-order valence-corrected chi connectivity index (χ2v) is 4.87. The molecule has 0 radical (unpaired) electrons. The van der Waals surface area contributed by atoms with Crippen molar-refractivity contribution >= 4 is 22.8 Å². The van der Waals surface area contributed by atoms with Crippen molar-refractivity contribution in [2.45, 2.75) is 18.6 Å². The average molecular weight is 275 g/mol. The molecule has 104 valence electrons. The molecule has 1 amide bonds. The maximum Gasteiger partial charge on any atom is 0.326 e. The second-order valence-electron chi connectivity index (χ2n) is 4.87. The van der Waals surface area contributed by atoms with Gasteiger partial charge in [-0.3, -0.25) is 9.89 Å². The van der Waals surface area contributed by atoms with Gasteiger partial charge in [-0.2, -0.15) is 5.10 Å². The number of rotatable bonds is 2. The van der Waals surface area contributed by atoms with Gasteiger partial charge in [0.05, 0.1) is 17.8 Å². The van der Waals surface area contributed by atoms with Crippen LogP contribution in [0.1, 0.15) is 16.8 Å². The molecule has 1 fully saturated rings. The fourth-order valence-corrected chi connectivity index (χ4v) is 2.51. The molecule has 2 aromatic rings. The quantitative estimate of drug-likeness (QED) is 0.727. The molecule has 7 nitrogen and oxygen atoms in total. The highest BCUT2D eigenvalue weighted by molar-refractivity contribution is 5.99. The third kappa shape index (κ3) is 2.01. The van der Waals surface area contributed by atoms with E-state index in [1.807, 2.05) is 0 Å². The lowest BCUT2D eigenvalue weighted by Crippen LogP contribution is -2.40. The molecule has 3 rings (SSSR count). The fourth-order valence-electron chi connectivity index (χ4n) is 2.51. The van der Waals surface area contributed by atoms with Gasteiger partial charge in [-0.15, -0.1) is 0 Å². The van der Waals surface area contributed by atoms with Crippen LogP contribution in [-0.4, -0.2) is 55.9 Å². The molecule has 1 unspecified atom stereocenters. The molecule has 1 aliphatic heterocycles. The fraction of sp³-hybridized carbons (Fsp3) is 0.308. The van der Waals surface area contributed by atoms with Crippen LogP contribution in [0.3, 0.4) is 0 Å². The van der Waals surface area contributed by atoms with Crippen LogP contribution in [0.4, 0.5) is 0 Å². The molecule has 0 bridgehead atoms. The van der Waals surface area contributed by atoms with Crippen LogP contribution in [0, 0.1) is 0 Å². The number of aliphatic carboxylic acids is 1. The molecule has 0 aliphatic carbocycles. The zero-order valence-corrected chi connectivity index (χ0v) is 10.5. The zero-order valence-electron chi connectivity index (χ0n) is 10.5. The minimum atomic E-state index is -1.10. The molecule has 2 heterocycles. The van der Waals surface area contributed by atoms with E-state index in [-0.39, 0.29) is 13.0 Å². The van der Waals surface area contributed by atoms with Crippen molar-refractivity contribution in [1.82, 2.24) is 15.1 Å². The number of aromatic nitrogens is 2. The summed E-state index contributed by atoms with van der Waals surface area (Å²) in [4.78, 5) is 24.7. The van der Waals surface area contributed by atoms with E-state index in [2.05, 4.69) is 10.2 Å². The monoisotopic (exact) mass is 275 g/mol. The number of carboxylic acids is 1. The first-order valence-corrected chi connectivity index (χ1v) is 6.21. The topological polar surface area (TPSA) is 107 Å². The van der Waals surface area contributed by atoms with Crippen LogP contribution in [0.15, 0.2) is 24.4 Å². The summed E-state index contributed by atoms with van der Waals surface area (Å²) in [5.41, 5.74) is 1.19. The van der Waals surface area contributed by atoms with E-state index < -0.39 is 24.0 Å². The summed E-state index contributed by atoms with van der Waals surface area (Å²) < 4.78 is 0. The lowest BCUT2D eigenvalue weighted by atomic mass is 10.1. The first-order chi connectivity index (χ1) is 9.56. The molecule has 0 saturated carbocycles. The van der Waals surface area contributed by atoms with Crippen LogP contribution in [0.25, 0.3) is 10.9 Å². The van der Waals surface area contributed by atoms with Crippen LogP contribution in [-0.2, 0) is 4.79 Å². The number of carbonyl (C=O) groups excluding carboxylic acids is 1. The Morgan fingerprint density at radius 2 is 2.20 bits per heavy atom. The number of nitrogens with one attached hydrogen (secondary N) is 1. The lowest BCUT2D eigenvalue weighted by molar-refractivity contribution is -0.141. The molecule has 7 heteroatoms. The van der Waals surface area contributed by atoms with Crippen molar-refractivity contribution in [3.05, 3.63) is 30.0 Å². The van der Waals surface area contributed by atoms with E-state index in [1.54, 1.807) is 24.4 Å². The molecule has 1 aromatic carbocycles. The first-order valence-electron chi connectivity index (χ1n) is 6.21. The number of nitrogens with zero attached hydrogens (tertiary/aromatic N) is 2. The number of H-pyrrole nitrogens is 1. The Morgan fingerprint density at radius 1 is 1.40 bits per heavy atom. The third-order valence-electron chi connectivity index (χ3n) is 3.51. The highest BCUT2D eigenvalue weighted by Gasteiger charge is 2.39. The van der Waals surface area contributed by atoms with Gasteiger partial charge in [0.1, 0.15) is 6.04 Å². The van der Waals surface area contributed by atoms with Crippen molar-refractivity contribution in [1.29, 1.82) is 0 Å². The number of carbonyl (C=O) groups is 2. The first kappa shape index (κ1) is 12.6. The van der Waals surface area contributed by atoms with Gasteiger partial charge in [-0.1, -0.05) is 0 Å². The molecular formula is C13H13N3O4.